The van der Waals surface area contributed by atoms with Crippen LogP contribution in [0.25, 0.3) is 0 Å². The van der Waals surface area contributed by atoms with Crippen molar-refractivity contribution in [3.05, 3.63) is 28.2 Å². The van der Waals surface area contributed by atoms with Gasteiger partial charge < -0.3 is 9.64 Å². The molecule has 2 rings (SSSR count). The van der Waals surface area contributed by atoms with Gasteiger partial charge in [0, 0.05) is 17.6 Å². The summed E-state index contributed by atoms with van der Waals surface area (Å²) in [5.41, 5.74) is 1.83. The third-order valence-electron chi connectivity index (χ3n) is 3.01. The number of halogens is 1. The third kappa shape index (κ3) is 2.80. The maximum atomic E-state index is 8.84. The first-order valence-electron chi connectivity index (χ1n) is 5.80. The van der Waals surface area contributed by atoms with Crippen LogP contribution in [0.15, 0.2) is 22.7 Å². The quantitative estimate of drug-likeness (QED) is 0.841. The molecule has 0 amide bonds. The summed E-state index contributed by atoms with van der Waals surface area (Å²) in [7, 11) is 0. The van der Waals surface area contributed by atoms with E-state index < -0.39 is 0 Å². The minimum absolute atomic E-state index is 0.311. The summed E-state index contributed by atoms with van der Waals surface area (Å²) >= 11 is 3.53. The zero-order valence-electron chi connectivity index (χ0n) is 9.82. The minimum atomic E-state index is 0.311. The fourth-order valence-corrected chi connectivity index (χ4v) is 2.65. The fourth-order valence-electron chi connectivity index (χ4n) is 2.02. The first-order valence-corrected chi connectivity index (χ1v) is 6.60. The Labute approximate surface area is 110 Å². The molecule has 1 saturated heterocycles. The van der Waals surface area contributed by atoms with Gasteiger partial charge in [-0.3, -0.25) is 0 Å². The van der Waals surface area contributed by atoms with Crippen molar-refractivity contribution in [3.63, 3.8) is 0 Å². The number of rotatable bonds is 2. The molecule has 1 aromatic rings. The van der Waals surface area contributed by atoms with E-state index in [4.69, 9.17) is 10.00 Å². The highest BCUT2D eigenvalue weighted by Crippen LogP contribution is 2.28. The molecule has 0 spiro atoms. The van der Waals surface area contributed by atoms with E-state index in [0.717, 1.165) is 36.3 Å². The Kier molecular flexibility index (Phi) is 4.03. The summed E-state index contributed by atoms with van der Waals surface area (Å²) < 4.78 is 6.63. The Morgan fingerprint density at radius 3 is 3.06 bits per heavy atom. The van der Waals surface area contributed by atoms with Crippen molar-refractivity contribution in [3.8, 4) is 6.07 Å². The van der Waals surface area contributed by atoms with Crippen LogP contribution in [0, 0.1) is 11.3 Å². The van der Waals surface area contributed by atoms with E-state index >= 15 is 0 Å². The number of hydrogen-bond acceptors (Lipinski definition) is 3. The van der Waals surface area contributed by atoms with Gasteiger partial charge in [-0.05, 0) is 40.5 Å². The molecule has 1 aromatic carbocycles. The summed E-state index contributed by atoms with van der Waals surface area (Å²) in [5.74, 6) is 0. The van der Waals surface area contributed by atoms with Crippen LogP contribution < -0.4 is 4.90 Å². The van der Waals surface area contributed by atoms with E-state index in [1.165, 1.54) is 0 Å². The molecule has 4 heteroatoms. The predicted molar refractivity (Wildman–Crippen MR) is 71.1 cm³/mol. The highest BCUT2D eigenvalue weighted by atomic mass is 79.9. The third-order valence-corrected chi connectivity index (χ3v) is 3.65. The molecule has 1 heterocycles. The first kappa shape index (κ1) is 12.4. The van der Waals surface area contributed by atoms with Crippen molar-refractivity contribution >= 4 is 21.6 Å². The molecule has 90 valence electrons. The molecule has 17 heavy (non-hydrogen) atoms. The lowest BCUT2D eigenvalue weighted by atomic mass is 10.1. The molecule has 1 atom stereocenters. The van der Waals surface area contributed by atoms with Gasteiger partial charge in [0.1, 0.15) is 0 Å². The number of benzene rings is 1. The van der Waals surface area contributed by atoms with Crippen LogP contribution in [0.5, 0.6) is 0 Å². The van der Waals surface area contributed by atoms with Crippen LogP contribution >= 0.6 is 15.9 Å². The number of anilines is 1. The highest BCUT2D eigenvalue weighted by Gasteiger charge is 2.20. The maximum absolute atomic E-state index is 8.84. The summed E-state index contributed by atoms with van der Waals surface area (Å²) in [5, 5.41) is 8.84. The van der Waals surface area contributed by atoms with Crippen molar-refractivity contribution in [2.45, 2.75) is 19.4 Å². The SMILES string of the molecule is CCC1CN(c2ccc(C#N)cc2Br)CCO1. The molecular weight excluding hydrogens is 280 g/mol. The summed E-state index contributed by atoms with van der Waals surface area (Å²) in [6, 6.07) is 7.87. The monoisotopic (exact) mass is 294 g/mol. The summed E-state index contributed by atoms with van der Waals surface area (Å²) in [4.78, 5) is 2.31. The minimum Gasteiger partial charge on any atom is -0.375 e. The summed E-state index contributed by atoms with van der Waals surface area (Å²) in [6.07, 6.45) is 1.34. The Bertz CT molecular complexity index is 442. The lowest BCUT2D eigenvalue weighted by molar-refractivity contribution is 0.0384. The molecule has 1 unspecified atom stereocenters. The van der Waals surface area contributed by atoms with E-state index in [1.807, 2.05) is 18.2 Å². The van der Waals surface area contributed by atoms with Crippen LogP contribution in [0.3, 0.4) is 0 Å². The molecule has 1 aliphatic heterocycles. The molecule has 3 nitrogen and oxygen atoms in total. The van der Waals surface area contributed by atoms with E-state index in [-0.39, 0.29) is 0 Å². The first-order chi connectivity index (χ1) is 8.24. The Morgan fingerprint density at radius 1 is 1.59 bits per heavy atom. The molecule has 1 fully saturated rings. The fraction of sp³-hybridized carbons (Fsp3) is 0.462. The Morgan fingerprint density at radius 2 is 2.41 bits per heavy atom. The number of morpholine rings is 1. The van der Waals surface area contributed by atoms with Gasteiger partial charge in [0.15, 0.2) is 0 Å². The average Bonchev–Trinajstić information content (AvgIpc) is 2.38. The van der Waals surface area contributed by atoms with Gasteiger partial charge >= 0.3 is 0 Å². The van der Waals surface area contributed by atoms with E-state index in [9.17, 15) is 0 Å². The van der Waals surface area contributed by atoms with Gasteiger partial charge in [-0.25, -0.2) is 0 Å². The number of hydrogen-bond donors (Lipinski definition) is 0. The molecule has 0 N–H and O–H groups in total. The zero-order valence-corrected chi connectivity index (χ0v) is 11.4. The lowest BCUT2D eigenvalue weighted by Crippen LogP contribution is -2.42. The molecular formula is C13H15BrN2O. The van der Waals surface area contributed by atoms with Crippen LogP contribution in [0.1, 0.15) is 18.9 Å². The molecule has 0 aliphatic carbocycles. The van der Waals surface area contributed by atoms with E-state index in [2.05, 4.69) is 33.8 Å². The van der Waals surface area contributed by atoms with Crippen molar-refractivity contribution in [1.82, 2.24) is 0 Å². The molecule has 0 bridgehead atoms. The number of nitrogens with zero attached hydrogens (tertiary/aromatic N) is 2. The molecule has 1 aliphatic rings. The van der Waals surface area contributed by atoms with Crippen LogP contribution in [0.2, 0.25) is 0 Å². The van der Waals surface area contributed by atoms with Crippen molar-refractivity contribution in [2.24, 2.45) is 0 Å². The van der Waals surface area contributed by atoms with Crippen molar-refractivity contribution < 1.29 is 4.74 Å². The average molecular weight is 295 g/mol. The lowest BCUT2D eigenvalue weighted by Gasteiger charge is -2.34. The van der Waals surface area contributed by atoms with Crippen LogP contribution in [-0.2, 0) is 4.74 Å². The molecule has 0 aromatic heterocycles. The summed E-state index contributed by atoms with van der Waals surface area (Å²) in [6.45, 7) is 4.73. The van der Waals surface area contributed by atoms with Gasteiger partial charge in [0.2, 0.25) is 0 Å². The smallest absolute Gasteiger partial charge is 0.0992 e. The second-order valence-electron chi connectivity index (χ2n) is 4.13. The van der Waals surface area contributed by atoms with Crippen molar-refractivity contribution in [2.75, 3.05) is 24.6 Å². The second-order valence-corrected chi connectivity index (χ2v) is 4.98. The van der Waals surface area contributed by atoms with Gasteiger partial charge in [-0.1, -0.05) is 6.92 Å². The van der Waals surface area contributed by atoms with Crippen molar-refractivity contribution in [1.29, 1.82) is 5.26 Å². The topological polar surface area (TPSA) is 36.3 Å². The normalized spacial score (nSPS) is 20.1. The van der Waals surface area contributed by atoms with Crippen LogP contribution in [0.4, 0.5) is 5.69 Å². The highest BCUT2D eigenvalue weighted by molar-refractivity contribution is 9.10. The maximum Gasteiger partial charge on any atom is 0.0992 e. The number of ether oxygens (including phenoxy) is 1. The Hall–Kier alpha value is -1.05. The number of nitriles is 1. The van der Waals surface area contributed by atoms with Gasteiger partial charge in [0.05, 0.1) is 30.0 Å². The molecule has 0 saturated carbocycles. The standard InChI is InChI=1S/C13H15BrN2O/c1-2-11-9-16(5-6-17-11)13-4-3-10(8-15)7-12(13)14/h3-4,7,11H,2,5-6,9H2,1H3. The Balaban J connectivity index is 2.19. The van der Waals surface area contributed by atoms with Gasteiger partial charge in [-0.2, -0.15) is 5.26 Å². The zero-order chi connectivity index (χ0) is 12.3. The van der Waals surface area contributed by atoms with Gasteiger partial charge in [0.25, 0.3) is 0 Å². The van der Waals surface area contributed by atoms with Crippen LogP contribution in [-0.4, -0.2) is 25.8 Å². The van der Waals surface area contributed by atoms with Gasteiger partial charge in [-0.15, -0.1) is 0 Å². The predicted octanol–water partition coefficient (Wildman–Crippen LogP) is 2.94. The largest absolute Gasteiger partial charge is 0.375 e. The second kappa shape index (κ2) is 5.52. The van der Waals surface area contributed by atoms with E-state index in [0.29, 0.717) is 11.7 Å². The molecule has 0 radical (unpaired) electrons. The van der Waals surface area contributed by atoms with E-state index in [1.54, 1.807) is 0 Å².